The number of nitrogens with zero attached hydrogens (tertiary/aromatic N) is 2. The fourth-order valence-electron chi connectivity index (χ4n) is 2.41. The normalized spacial score (nSPS) is 22.0. The van der Waals surface area contributed by atoms with Gasteiger partial charge in [0, 0.05) is 31.9 Å². The molecule has 0 radical (unpaired) electrons. The number of aliphatic hydroxyl groups excluding tert-OH is 1. The summed E-state index contributed by atoms with van der Waals surface area (Å²) >= 11 is 0. The highest BCUT2D eigenvalue weighted by molar-refractivity contribution is 5.94. The number of carbonyl (C=O) groups is 2. The lowest BCUT2D eigenvalue weighted by molar-refractivity contribution is -0.132. The first kappa shape index (κ1) is 15.4. The molecule has 6 nitrogen and oxygen atoms in total. The van der Waals surface area contributed by atoms with E-state index in [2.05, 4.69) is 10.3 Å². The number of rotatable bonds is 2. The average Bonchev–Trinajstić information content (AvgIpc) is 2.43. The lowest BCUT2D eigenvalue weighted by Gasteiger charge is -2.35. The number of amides is 2. The molecule has 1 aromatic heterocycles. The van der Waals surface area contributed by atoms with E-state index in [1.54, 1.807) is 11.0 Å². The molecular weight excluding hydrogens is 270 g/mol. The second-order valence-electron chi connectivity index (χ2n) is 5.53. The molecule has 0 spiro atoms. The number of hydrogen-bond acceptors (Lipinski definition) is 4. The van der Waals surface area contributed by atoms with E-state index in [1.807, 2.05) is 13.8 Å². The number of piperidine rings is 1. The summed E-state index contributed by atoms with van der Waals surface area (Å²) < 4.78 is 0. The van der Waals surface area contributed by atoms with Crippen molar-refractivity contribution in [1.82, 2.24) is 15.2 Å². The van der Waals surface area contributed by atoms with Crippen molar-refractivity contribution in [2.24, 2.45) is 0 Å². The number of likely N-dealkylation sites (tertiary alicyclic amines) is 1. The van der Waals surface area contributed by atoms with E-state index in [-0.39, 0.29) is 24.4 Å². The highest BCUT2D eigenvalue weighted by Crippen LogP contribution is 2.13. The molecular formula is C15H21N3O3. The molecule has 114 valence electrons. The first-order chi connectivity index (χ1) is 9.88. The van der Waals surface area contributed by atoms with Gasteiger partial charge >= 0.3 is 0 Å². The Labute approximate surface area is 124 Å². The second-order valence-corrected chi connectivity index (χ2v) is 5.53. The number of hydrogen-bond donors (Lipinski definition) is 2. The molecule has 2 N–H and O–H groups in total. The van der Waals surface area contributed by atoms with Gasteiger partial charge in [-0.2, -0.15) is 0 Å². The zero-order valence-electron chi connectivity index (χ0n) is 12.6. The Kier molecular flexibility index (Phi) is 4.57. The first-order valence-corrected chi connectivity index (χ1v) is 7.06. The highest BCUT2D eigenvalue weighted by Gasteiger charge is 2.30. The maximum atomic E-state index is 12.2. The van der Waals surface area contributed by atoms with Crippen molar-refractivity contribution in [1.29, 1.82) is 0 Å². The van der Waals surface area contributed by atoms with Crippen LogP contribution in [0.3, 0.4) is 0 Å². The highest BCUT2D eigenvalue weighted by atomic mass is 16.3. The van der Waals surface area contributed by atoms with Gasteiger partial charge in [0.05, 0.1) is 17.7 Å². The summed E-state index contributed by atoms with van der Waals surface area (Å²) in [5.74, 6) is -0.303. The van der Waals surface area contributed by atoms with Crippen LogP contribution in [0.2, 0.25) is 0 Å². The number of aryl methyl sites for hydroxylation is 2. The third-order valence-electron chi connectivity index (χ3n) is 3.95. The Balaban J connectivity index is 2.00. The van der Waals surface area contributed by atoms with E-state index in [0.717, 1.165) is 11.3 Å². The van der Waals surface area contributed by atoms with Gasteiger partial charge in [-0.05, 0) is 31.9 Å². The number of aliphatic hydroxyl groups is 1. The largest absolute Gasteiger partial charge is 0.389 e. The van der Waals surface area contributed by atoms with Gasteiger partial charge in [-0.15, -0.1) is 0 Å². The van der Waals surface area contributed by atoms with Gasteiger partial charge in [0.15, 0.2) is 0 Å². The SMILES string of the molecule is CC(=O)N1CC[C@@H](NC(=O)c2cnc(C)c(C)c2)[C@H](O)C1. The van der Waals surface area contributed by atoms with Gasteiger partial charge in [0.2, 0.25) is 5.91 Å². The average molecular weight is 291 g/mol. The van der Waals surface area contributed by atoms with Crippen LogP contribution >= 0.6 is 0 Å². The van der Waals surface area contributed by atoms with Crippen molar-refractivity contribution in [3.63, 3.8) is 0 Å². The lowest BCUT2D eigenvalue weighted by Crippen LogP contribution is -2.55. The third kappa shape index (κ3) is 3.58. The fourth-order valence-corrected chi connectivity index (χ4v) is 2.41. The number of carbonyl (C=O) groups excluding carboxylic acids is 2. The molecule has 2 rings (SSSR count). The number of β-amino-alcohol motifs (C(OH)–C–C–N with tert-alkyl or cyclic N) is 1. The van der Waals surface area contributed by atoms with E-state index < -0.39 is 6.10 Å². The van der Waals surface area contributed by atoms with Crippen molar-refractivity contribution in [3.05, 3.63) is 29.1 Å². The van der Waals surface area contributed by atoms with Crippen molar-refractivity contribution in [2.45, 2.75) is 39.3 Å². The zero-order valence-corrected chi connectivity index (χ0v) is 12.6. The van der Waals surface area contributed by atoms with Crippen LogP contribution in [0.1, 0.15) is 35.0 Å². The maximum Gasteiger partial charge on any atom is 0.253 e. The molecule has 0 aromatic carbocycles. The van der Waals surface area contributed by atoms with Crippen LogP contribution in [0.25, 0.3) is 0 Å². The number of aromatic nitrogens is 1. The molecule has 1 aliphatic heterocycles. The van der Waals surface area contributed by atoms with Gasteiger partial charge in [0.25, 0.3) is 5.91 Å². The first-order valence-electron chi connectivity index (χ1n) is 7.06. The smallest absolute Gasteiger partial charge is 0.253 e. The topological polar surface area (TPSA) is 82.5 Å². The number of nitrogens with one attached hydrogen (secondary N) is 1. The van der Waals surface area contributed by atoms with Crippen LogP contribution in [0.15, 0.2) is 12.3 Å². The van der Waals surface area contributed by atoms with Crippen LogP contribution in [0.4, 0.5) is 0 Å². The summed E-state index contributed by atoms with van der Waals surface area (Å²) in [6, 6.07) is 1.45. The summed E-state index contributed by atoms with van der Waals surface area (Å²) in [6.45, 7) is 6.07. The van der Waals surface area contributed by atoms with Crippen LogP contribution in [-0.2, 0) is 4.79 Å². The number of pyridine rings is 1. The molecule has 0 saturated carbocycles. The second kappa shape index (κ2) is 6.22. The van der Waals surface area contributed by atoms with Crippen LogP contribution in [0.5, 0.6) is 0 Å². The Morgan fingerprint density at radius 3 is 2.71 bits per heavy atom. The van der Waals surface area contributed by atoms with Crippen molar-refractivity contribution < 1.29 is 14.7 Å². The third-order valence-corrected chi connectivity index (χ3v) is 3.95. The molecule has 0 bridgehead atoms. The minimum Gasteiger partial charge on any atom is -0.389 e. The van der Waals surface area contributed by atoms with Crippen LogP contribution in [-0.4, -0.2) is 52.0 Å². The van der Waals surface area contributed by atoms with Crippen LogP contribution in [0, 0.1) is 13.8 Å². The Morgan fingerprint density at radius 1 is 1.43 bits per heavy atom. The van der Waals surface area contributed by atoms with Gasteiger partial charge < -0.3 is 15.3 Å². The summed E-state index contributed by atoms with van der Waals surface area (Å²) in [7, 11) is 0. The molecule has 6 heteroatoms. The van der Waals surface area contributed by atoms with Crippen molar-refractivity contribution in [3.8, 4) is 0 Å². The Hall–Kier alpha value is -1.95. The summed E-state index contributed by atoms with van der Waals surface area (Å²) in [6.07, 6.45) is 1.34. The van der Waals surface area contributed by atoms with E-state index in [4.69, 9.17) is 0 Å². The van der Waals surface area contributed by atoms with E-state index in [9.17, 15) is 14.7 Å². The molecule has 1 fully saturated rings. The van der Waals surface area contributed by atoms with Gasteiger partial charge in [-0.25, -0.2) is 0 Å². The standard InChI is InChI=1S/C15H21N3O3/c1-9-6-12(7-16-10(9)2)15(21)17-13-4-5-18(11(3)19)8-14(13)20/h6-7,13-14,20H,4-5,8H2,1-3H3,(H,17,21)/t13-,14-/m1/s1. The minimum atomic E-state index is -0.744. The Bertz CT molecular complexity index is 559. The van der Waals surface area contributed by atoms with E-state index in [1.165, 1.54) is 13.1 Å². The molecule has 21 heavy (non-hydrogen) atoms. The lowest BCUT2D eigenvalue weighted by atomic mass is 10.0. The van der Waals surface area contributed by atoms with Crippen molar-refractivity contribution in [2.75, 3.05) is 13.1 Å². The van der Waals surface area contributed by atoms with E-state index >= 15 is 0 Å². The summed E-state index contributed by atoms with van der Waals surface area (Å²) in [5.41, 5.74) is 2.33. The molecule has 2 amide bonds. The van der Waals surface area contributed by atoms with Crippen LogP contribution < -0.4 is 5.32 Å². The monoisotopic (exact) mass is 291 g/mol. The minimum absolute atomic E-state index is 0.0582. The predicted molar refractivity (Wildman–Crippen MR) is 77.8 cm³/mol. The van der Waals surface area contributed by atoms with E-state index in [0.29, 0.717) is 18.5 Å². The molecule has 1 aromatic rings. The molecule has 2 atom stereocenters. The maximum absolute atomic E-state index is 12.2. The predicted octanol–water partition coefficient (Wildman–Crippen LogP) is 0.410. The summed E-state index contributed by atoms with van der Waals surface area (Å²) in [4.78, 5) is 29.2. The zero-order chi connectivity index (χ0) is 15.6. The van der Waals surface area contributed by atoms with Gasteiger partial charge in [0.1, 0.15) is 0 Å². The Morgan fingerprint density at radius 2 is 2.14 bits per heavy atom. The molecule has 1 aliphatic rings. The molecule has 0 aliphatic carbocycles. The van der Waals surface area contributed by atoms with Gasteiger partial charge in [-0.3, -0.25) is 14.6 Å². The fraction of sp³-hybridized carbons (Fsp3) is 0.533. The molecule has 0 unspecified atom stereocenters. The molecule has 2 heterocycles. The quantitative estimate of drug-likeness (QED) is 0.827. The molecule has 1 saturated heterocycles. The van der Waals surface area contributed by atoms with Crippen molar-refractivity contribution >= 4 is 11.8 Å². The summed E-state index contributed by atoms with van der Waals surface area (Å²) in [5, 5.41) is 12.9. The van der Waals surface area contributed by atoms with Gasteiger partial charge in [-0.1, -0.05) is 0 Å².